The Morgan fingerprint density at radius 1 is 1.19 bits per heavy atom. The molecule has 0 bridgehead atoms. The average molecular weight is 337 g/mol. The van der Waals surface area contributed by atoms with Gasteiger partial charge in [0.15, 0.2) is 9.84 Å². The van der Waals surface area contributed by atoms with Gasteiger partial charge in [-0.25, -0.2) is 25.9 Å². The standard InChI is InChI=1S/C13H20FNO4S2/c1-5-8-13(2,3)15-21(18,19)12-9-10(20(4,16)17)6-7-11(12)14/h6-7,9,15H,5,8H2,1-4H3. The third-order valence-electron chi connectivity index (χ3n) is 2.91. The molecule has 1 rings (SSSR count). The zero-order chi connectivity index (χ0) is 16.5. The van der Waals surface area contributed by atoms with Gasteiger partial charge in [-0.3, -0.25) is 0 Å². The fraction of sp³-hybridized carbons (Fsp3) is 0.538. The summed E-state index contributed by atoms with van der Waals surface area (Å²) >= 11 is 0. The molecule has 0 spiro atoms. The van der Waals surface area contributed by atoms with E-state index in [9.17, 15) is 21.2 Å². The second-order valence-corrected chi connectivity index (χ2v) is 9.27. The normalized spacial score (nSPS) is 13.4. The molecule has 0 fully saturated rings. The highest BCUT2D eigenvalue weighted by Crippen LogP contribution is 2.22. The fourth-order valence-corrected chi connectivity index (χ4v) is 4.28. The van der Waals surface area contributed by atoms with E-state index in [0.717, 1.165) is 30.9 Å². The number of rotatable bonds is 6. The monoisotopic (exact) mass is 337 g/mol. The van der Waals surface area contributed by atoms with Crippen LogP contribution in [0.1, 0.15) is 33.6 Å². The zero-order valence-electron chi connectivity index (χ0n) is 12.5. The predicted octanol–water partition coefficient (Wildman–Crippen LogP) is 2.09. The number of sulfone groups is 1. The minimum Gasteiger partial charge on any atom is -0.224 e. The van der Waals surface area contributed by atoms with Crippen LogP contribution in [0.15, 0.2) is 28.0 Å². The van der Waals surface area contributed by atoms with Crippen molar-refractivity contribution in [3.05, 3.63) is 24.0 Å². The summed E-state index contributed by atoms with van der Waals surface area (Å²) in [5.41, 5.74) is -0.749. The maximum absolute atomic E-state index is 13.8. The lowest BCUT2D eigenvalue weighted by molar-refractivity contribution is 0.416. The van der Waals surface area contributed by atoms with Crippen LogP contribution in [-0.4, -0.2) is 28.6 Å². The van der Waals surface area contributed by atoms with Gasteiger partial charge in [0, 0.05) is 11.8 Å². The summed E-state index contributed by atoms with van der Waals surface area (Å²) in [6, 6.07) is 2.73. The minimum absolute atomic E-state index is 0.238. The van der Waals surface area contributed by atoms with Gasteiger partial charge in [0.25, 0.3) is 0 Å². The molecule has 0 aromatic heterocycles. The summed E-state index contributed by atoms with van der Waals surface area (Å²) < 4.78 is 63.7. The fourth-order valence-electron chi connectivity index (χ4n) is 2.02. The molecule has 0 aliphatic heterocycles. The molecule has 1 N–H and O–H groups in total. The highest BCUT2D eigenvalue weighted by atomic mass is 32.2. The minimum atomic E-state index is -4.14. The number of sulfonamides is 1. The molecular formula is C13H20FNO4S2. The van der Waals surface area contributed by atoms with Crippen molar-refractivity contribution >= 4 is 19.9 Å². The van der Waals surface area contributed by atoms with Crippen LogP contribution in [0.4, 0.5) is 4.39 Å². The molecule has 5 nitrogen and oxygen atoms in total. The van der Waals surface area contributed by atoms with E-state index in [1.807, 2.05) is 6.92 Å². The topological polar surface area (TPSA) is 80.3 Å². The maximum Gasteiger partial charge on any atom is 0.244 e. The molecular weight excluding hydrogens is 317 g/mol. The first-order valence-electron chi connectivity index (χ1n) is 6.42. The van der Waals surface area contributed by atoms with Crippen molar-refractivity contribution in [2.75, 3.05) is 6.26 Å². The summed E-state index contributed by atoms with van der Waals surface area (Å²) in [5.74, 6) is -0.984. The summed E-state index contributed by atoms with van der Waals surface area (Å²) in [6.07, 6.45) is 2.26. The molecule has 0 aliphatic rings. The molecule has 1 aromatic carbocycles. The highest BCUT2D eigenvalue weighted by molar-refractivity contribution is 7.91. The van der Waals surface area contributed by atoms with Crippen molar-refractivity contribution in [3.63, 3.8) is 0 Å². The molecule has 0 aliphatic carbocycles. The van der Waals surface area contributed by atoms with Crippen LogP contribution >= 0.6 is 0 Å². The van der Waals surface area contributed by atoms with E-state index >= 15 is 0 Å². The molecule has 21 heavy (non-hydrogen) atoms. The van der Waals surface area contributed by atoms with Crippen molar-refractivity contribution < 1.29 is 21.2 Å². The van der Waals surface area contributed by atoms with Gasteiger partial charge in [-0.05, 0) is 38.5 Å². The number of nitrogens with one attached hydrogen (secondary N) is 1. The molecule has 0 saturated heterocycles. The first-order chi connectivity index (χ1) is 9.39. The molecule has 120 valence electrons. The molecule has 1 aromatic rings. The zero-order valence-corrected chi connectivity index (χ0v) is 14.1. The van der Waals surface area contributed by atoms with Gasteiger partial charge in [-0.1, -0.05) is 13.3 Å². The van der Waals surface area contributed by atoms with Crippen molar-refractivity contribution in [2.45, 2.75) is 48.9 Å². The van der Waals surface area contributed by atoms with E-state index < -0.39 is 36.1 Å². The Balaban J connectivity index is 3.32. The van der Waals surface area contributed by atoms with E-state index in [2.05, 4.69) is 4.72 Å². The Hall–Kier alpha value is -0.990. The second-order valence-electron chi connectivity index (χ2n) is 5.60. The lowest BCUT2D eigenvalue weighted by Crippen LogP contribution is -2.43. The summed E-state index contributed by atoms with van der Waals surface area (Å²) in [4.78, 5) is -0.896. The molecule has 0 heterocycles. The van der Waals surface area contributed by atoms with Gasteiger partial charge in [-0.15, -0.1) is 0 Å². The van der Waals surface area contributed by atoms with Gasteiger partial charge in [0.05, 0.1) is 4.90 Å². The average Bonchev–Trinajstić information content (AvgIpc) is 2.25. The Labute approximate surface area is 125 Å². The largest absolute Gasteiger partial charge is 0.244 e. The third-order valence-corrected chi connectivity index (χ3v) is 5.73. The molecule has 0 atom stereocenters. The number of benzene rings is 1. The van der Waals surface area contributed by atoms with Crippen LogP contribution in [0.25, 0.3) is 0 Å². The molecule has 0 amide bonds. The van der Waals surface area contributed by atoms with Gasteiger partial charge >= 0.3 is 0 Å². The van der Waals surface area contributed by atoms with Crippen LogP contribution in [0.5, 0.6) is 0 Å². The van der Waals surface area contributed by atoms with Crippen LogP contribution in [0.2, 0.25) is 0 Å². The van der Waals surface area contributed by atoms with E-state index in [4.69, 9.17) is 0 Å². The number of hydrogen-bond donors (Lipinski definition) is 1. The second kappa shape index (κ2) is 6.02. The van der Waals surface area contributed by atoms with E-state index in [1.165, 1.54) is 0 Å². The molecule has 0 saturated carbocycles. The summed E-state index contributed by atoms with van der Waals surface area (Å²) in [7, 11) is -7.76. The van der Waals surface area contributed by atoms with Gasteiger partial charge in [0.2, 0.25) is 10.0 Å². The number of halogens is 1. The lowest BCUT2D eigenvalue weighted by atomic mass is 10.0. The van der Waals surface area contributed by atoms with Crippen molar-refractivity contribution in [1.29, 1.82) is 0 Å². The Morgan fingerprint density at radius 2 is 1.76 bits per heavy atom. The summed E-state index contributed by atoms with van der Waals surface area (Å²) in [5, 5.41) is 0. The highest BCUT2D eigenvalue weighted by Gasteiger charge is 2.28. The SMILES string of the molecule is CCCC(C)(C)NS(=O)(=O)c1cc(S(C)(=O)=O)ccc1F. The van der Waals surface area contributed by atoms with Crippen LogP contribution in [0.3, 0.4) is 0 Å². The van der Waals surface area contributed by atoms with E-state index in [0.29, 0.717) is 6.42 Å². The molecule has 8 heteroatoms. The quantitative estimate of drug-likeness (QED) is 0.806. The number of hydrogen-bond acceptors (Lipinski definition) is 4. The predicted molar refractivity (Wildman–Crippen MR) is 78.8 cm³/mol. The Morgan fingerprint density at radius 3 is 2.24 bits per heavy atom. The van der Waals surface area contributed by atoms with E-state index in [1.54, 1.807) is 13.8 Å². The van der Waals surface area contributed by atoms with Gasteiger partial charge < -0.3 is 0 Å². The van der Waals surface area contributed by atoms with Crippen LogP contribution in [-0.2, 0) is 19.9 Å². The lowest BCUT2D eigenvalue weighted by Gasteiger charge is -2.25. The molecule has 0 radical (unpaired) electrons. The first kappa shape index (κ1) is 18.1. The third kappa shape index (κ3) is 4.76. The van der Waals surface area contributed by atoms with Crippen LogP contribution < -0.4 is 4.72 Å². The first-order valence-corrected chi connectivity index (χ1v) is 9.80. The maximum atomic E-state index is 13.8. The van der Waals surface area contributed by atoms with Gasteiger partial charge in [-0.2, -0.15) is 0 Å². The Bertz CT molecular complexity index is 725. The van der Waals surface area contributed by atoms with Crippen LogP contribution in [0, 0.1) is 5.82 Å². The van der Waals surface area contributed by atoms with E-state index in [-0.39, 0.29) is 4.90 Å². The van der Waals surface area contributed by atoms with Gasteiger partial charge in [0.1, 0.15) is 10.7 Å². The Kier molecular flexibility index (Phi) is 5.18. The smallest absolute Gasteiger partial charge is 0.224 e. The molecule has 0 unspecified atom stereocenters. The van der Waals surface area contributed by atoms with Crippen molar-refractivity contribution in [3.8, 4) is 0 Å². The summed E-state index contributed by atoms with van der Waals surface area (Å²) in [6.45, 7) is 5.28. The van der Waals surface area contributed by atoms with Crippen molar-refractivity contribution in [2.24, 2.45) is 0 Å². The van der Waals surface area contributed by atoms with Crippen molar-refractivity contribution in [1.82, 2.24) is 4.72 Å².